The van der Waals surface area contributed by atoms with Gasteiger partial charge in [-0.15, -0.1) is 0 Å². The van der Waals surface area contributed by atoms with Gasteiger partial charge in [0.1, 0.15) is 0 Å². The highest BCUT2D eigenvalue weighted by Crippen LogP contribution is 2.26. The molecule has 1 aromatic rings. The first kappa shape index (κ1) is 13.2. The number of halogens is 1. The highest BCUT2D eigenvalue weighted by molar-refractivity contribution is 6.69. The van der Waals surface area contributed by atoms with Crippen LogP contribution in [-0.4, -0.2) is 8.32 Å². The summed E-state index contributed by atoms with van der Waals surface area (Å²) in [7, 11) is -1.64. The standard InChI is InChI=1S/C12H16ClNOSi/c1-16(2,3)15-12(8-9-14)10-4-6-11(13)7-5-10/h4-7,12H,8H2,1-3H3/t12-/m1/s1. The third kappa shape index (κ3) is 4.36. The number of hydrogen-bond acceptors (Lipinski definition) is 2. The van der Waals surface area contributed by atoms with E-state index < -0.39 is 8.32 Å². The molecular formula is C12H16ClNOSi. The summed E-state index contributed by atoms with van der Waals surface area (Å²) in [6.07, 6.45) is 0.250. The molecule has 0 heterocycles. The van der Waals surface area contributed by atoms with Crippen molar-refractivity contribution in [1.82, 2.24) is 0 Å². The smallest absolute Gasteiger partial charge is 0.184 e. The molecule has 0 saturated heterocycles. The fraction of sp³-hybridized carbons (Fsp3) is 0.417. The molecule has 0 radical (unpaired) electrons. The summed E-state index contributed by atoms with van der Waals surface area (Å²) in [5.41, 5.74) is 1.02. The van der Waals surface area contributed by atoms with E-state index >= 15 is 0 Å². The van der Waals surface area contributed by atoms with Crippen molar-refractivity contribution in [2.24, 2.45) is 0 Å². The molecule has 0 aromatic heterocycles. The van der Waals surface area contributed by atoms with Crippen molar-refractivity contribution in [3.05, 3.63) is 34.9 Å². The van der Waals surface area contributed by atoms with Gasteiger partial charge in [0.15, 0.2) is 8.32 Å². The van der Waals surface area contributed by atoms with Crippen LogP contribution in [0.3, 0.4) is 0 Å². The molecule has 1 rings (SSSR count). The van der Waals surface area contributed by atoms with Gasteiger partial charge in [-0.25, -0.2) is 0 Å². The fourth-order valence-electron chi connectivity index (χ4n) is 1.41. The second kappa shape index (κ2) is 5.49. The van der Waals surface area contributed by atoms with Crippen LogP contribution in [0.25, 0.3) is 0 Å². The Kier molecular flexibility index (Phi) is 4.54. The SMILES string of the molecule is C[Si](C)(C)O[C@H](CC#N)c1ccc(Cl)cc1. The van der Waals surface area contributed by atoms with Gasteiger partial charge in [0.05, 0.1) is 18.6 Å². The second-order valence-electron chi connectivity index (χ2n) is 4.63. The molecule has 0 bridgehead atoms. The van der Waals surface area contributed by atoms with Crippen LogP contribution >= 0.6 is 11.6 Å². The Labute approximate surface area is 103 Å². The Morgan fingerprint density at radius 3 is 2.31 bits per heavy atom. The molecule has 4 heteroatoms. The lowest BCUT2D eigenvalue weighted by molar-refractivity contribution is 0.203. The highest BCUT2D eigenvalue weighted by atomic mass is 35.5. The minimum atomic E-state index is -1.64. The van der Waals surface area contributed by atoms with E-state index in [2.05, 4.69) is 25.7 Å². The molecule has 0 aliphatic carbocycles. The molecule has 86 valence electrons. The summed E-state index contributed by atoms with van der Waals surface area (Å²) in [5.74, 6) is 0. The number of nitriles is 1. The Morgan fingerprint density at radius 2 is 1.88 bits per heavy atom. The molecule has 2 nitrogen and oxygen atoms in total. The second-order valence-corrected chi connectivity index (χ2v) is 9.53. The van der Waals surface area contributed by atoms with E-state index in [0.717, 1.165) is 5.56 Å². The Hall–Kier alpha value is -0.823. The Morgan fingerprint density at radius 1 is 1.31 bits per heavy atom. The number of nitrogens with zero attached hydrogens (tertiary/aromatic N) is 1. The van der Waals surface area contributed by atoms with Crippen LogP contribution in [-0.2, 0) is 4.43 Å². The maximum atomic E-state index is 8.81. The van der Waals surface area contributed by atoms with Crippen molar-refractivity contribution in [2.75, 3.05) is 0 Å². The zero-order valence-electron chi connectivity index (χ0n) is 9.83. The van der Waals surface area contributed by atoms with Crippen LogP contribution in [0.15, 0.2) is 24.3 Å². The first-order valence-electron chi connectivity index (χ1n) is 5.22. The molecule has 16 heavy (non-hydrogen) atoms. The molecule has 1 atom stereocenters. The van der Waals surface area contributed by atoms with E-state index in [0.29, 0.717) is 11.4 Å². The van der Waals surface area contributed by atoms with E-state index in [1.165, 1.54) is 0 Å². The summed E-state index contributed by atoms with van der Waals surface area (Å²) in [6.45, 7) is 6.36. The van der Waals surface area contributed by atoms with Gasteiger partial charge in [-0.2, -0.15) is 5.26 Å². The average molecular weight is 254 g/mol. The molecule has 0 aliphatic rings. The van der Waals surface area contributed by atoms with Gasteiger partial charge in [0.25, 0.3) is 0 Å². The highest BCUT2D eigenvalue weighted by Gasteiger charge is 2.22. The summed E-state index contributed by atoms with van der Waals surface area (Å²) >= 11 is 5.83. The lowest BCUT2D eigenvalue weighted by Crippen LogP contribution is -2.27. The molecule has 0 saturated carbocycles. The van der Waals surface area contributed by atoms with Gasteiger partial charge in [0.2, 0.25) is 0 Å². The molecule has 0 fully saturated rings. The monoisotopic (exact) mass is 253 g/mol. The summed E-state index contributed by atoms with van der Waals surface area (Å²) < 4.78 is 5.98. The molecule has 0 spiro atoms. The van der Waals surface area contributed by atoms with E-state index in [1.807, 2.05) is 24.3 Å². The predicted octanol–water partition coefficient (Wildman–Crippen LogP) is 4.15. The van der Waals surface area contributed by atoms with Crippen molar-refractivity contribution in [2.45, 2.75) is 32.2 Å². The number of rotatable bonds is 4. The summed E-state index contributed by atoms with van der Waals surface area (Å²) in [4.78, 5) is 0. The average Bonchev–Trinajstić information content (AvgIpc) is 2.16. The van der Waals surface area contributed by atoms with Crippen LogP contribution in [0.2, 0.25) is 24.7 Å². The minimum Gasteiger partial charge on any atom is -0.410 e. The van der Waals surface area contributed by atoms with Crippen molar-refractivity contribution < 1.29 is 4.43 Å². The molecule has 0 amide bonds. The zero-order valence-corrected chi connectivity index (χ0v) is 11.6. The number of hydrogen-bond donors (Lipinski definition) is 0. The maximum Gasteiger partial charge on any atom is 0.184 e. The largest absolute Gasteiger partial charge is 0.410 e. The van der Waals surface area contributed by atoms with E-state index in [9.17, 15) is 0 Å². The predicted molar refractivity (Wildman–Crippen MR) is 68.9 cm³/mol. The molecular weight excluding hydrogens is 238 g/mol. The van der Waals surface area contributed by atoms with E-state index in [-0.39, 0.29) is 6.10 Å². The van der Waals surface area contributed by atoms with E-state index in [4.69, 9.17) is 21.3 Å². The first-order chi connectivity index (χ1) is 7.42. The van der Waals surface area contributed by atoms with Crippen molar-refractivity contribution in [3.63, 3.8) is 0 Å². The normalized spacial score (nSPS) is 13.2. The van der Waals surface area contributed by atoms with Crippen molar-refractivity contribution >= 4 is 19.9 Å². The fourth-order valence-corrected chi connectivity index (χ4v) is 2.61. The maximum absolute atomic E-state index is 8.81. The third-order valence-corrected chi connectivity index (χ3v) is 3.26. The van der Waals surface area contributed by atoms with Crippen molar-refractivity contribution in [1.29, 1.82) is 5.26 Å². The third-order valence-electron chi connectivity index (χ3n) is 2.01. The Bertz CT molecular complexity index is 377. The topological polar surface area (TPSA) is 33.0 Å². The lowest BCUT2D eigenvalue weighted by atomic mass is 10.1. The van der Waals surface area contributed by atoms with Gasteiger partial charge in [-0.1, -0.05) is 23.7 Å². The Balaban J connectivity index is 2.86. The van der Waals surface area contributed by atoms with Gasteiger partial charge < -0.3 is 4.43 Å². The molecule has 0 N–H and O–H groups in total. The first-order valence-corrected chi connectivity index (χ1v) is 9.01. The lowest BCUT2D eigenvalue weighted by Gasteiger charge is -2.25. The van der Waals surface area contributed by atoms with Crippen LogP contribution in [0, 0.1) is 11.3 Å². The van der Waals surface area contributed by atoms with Gasteiger partial charge in [-0.05, 0) is 37.3 Å². The quantitative estimate of drug-likeness (QED) is 0.756. The van der Waals surface area contributed by atoms with Crippen LogP contribution in [0.1, 0.15) is 18.1 Å². The minimum absolute atomic E-state index is 0.131. The van der Waals surface area contributed by atoms with Crippen molar-refractivity contribution in [3.8, 4) is 6.07 Å². The van der Waals surface area contributed by atoms with Crippen LogP contribution < -0.4 is 0 Å². The van der Waals surface area contributed by atoms with Gasteiger partial charge in [-0.3, -0.25) is 0 Å². The van der Waals surface area contributed by atoms with Crippen LogP contribution in [0.5, 0.6) is 0 Å². The van der Waals surface area contributed by atoms with Crippen LogP contribution in [0.4, 0.5) is 0 Å². The van der Waals surface area contributed by atoms with Gasteiger partial charge in [0, 0.05) is 5.02 Å². The van der Waals surface area contributed by atoms with E-state index in [1.54, 1.807) is 0 Å². The number of benzene rings is 1. The summed E-state index contributed by atoms with van der Waals surface area (Å²) in [5, 5.41) is 9.51. The van der Waals surface area contributed by atoms with Gasteiger partial charge >= 0.3 is 0 Å². The summed E-state index contributed by atoms with van der Waals surface area (Å²) in [6, 6.07) is 9.67. The molecule has 0 aliphatic heterocycles. The molecule has 0 unspecified atom stereocenters. The molecule has 1 aromatic carbocycles. The zero-order chi connectivity index (χ0) is 12.2.